The number of benzene rings is 1. The Labute approximate surface area is 131 Å². The first-order chi connectivity index (χ1) is 10.2. The molecule has 1 aliphatic heterocycles. The molecule has 3 rings (SSSR count). The molecule has 0 saturated carbocycles. The van der Waals surface area contributed by atoms with Crippen LogP contribution in [0.15, 0.2) is 48.7 Å². The third-order valence-electron chi connectivity index (χ3n) is 4.06. The molecular weight excluding hydrogens is 282 g/mol. The topological polar surface area (TPSA) is 19.4 Å². The average molecular weight is 302 g/mol. The van der Waals surface area contributed by atoms with E-state index in [1.165, 1.54) is 11.1 Å². The zero-order valence-electron chi connectivity index (χ0n) is 12.2. The van der Waals surface area contributed by atoms with Crippen LogP contribution in [0.1, 0.15) is 17.2 Å². The Bertz CT molecular complexity index is 588. The Morgan fingerprint density at radius 1 is 1.19 bits per heavy atom. The van der Waals surface area contributed by atoms with Crippen LogP contribution in [0.2, 0.25) is 5.15 Å². The predicted molar refractivity (Wildman–Crippen MR) is 86.3 cm³/mol. The summed E-state index contributed by atoms with van der Waals surface area (Å²) >= 11 is 6.00. The minimum atomic E-state index is 0.428. The van der Waals surface area contributed by atoms with Crippen LogP contribution in [0, 0.1) is 0 Å². The standard InChI is InChI=1S/C17H20ClN3/c1-20-9-10-21(12-14-7-8-19-17(18)11-14)16(13-20)15-5-3-2-4-6-15/h2-8,11,16H,9-10,12-13H2,1H3. The minimum Gasteiger partial charge on any atom is -0.303 e. The molecule has 1 saturated heterocycles. The minimum absolute atomic E-state index is 0.428. The fourth-order valence-electron chi connectivity index (χ4n) is 2.91. The number of halogens is 1. The summed E-state index contributed by atoms with van der Waals surface area (Å²) in [6.07, 6.45) is 1.78. The molecule has 0 aliphatic carbocycles. The summed E-state index contributed by atoms with van der Waals surface area (Å²) in [5.41, 5.74) is 2.60. The van der Waals surface area contributed by atoms with Crippen molar-refractivity contribution in [2.45, 2.75) is 12.6 Å². The third-order valence-corrected chi connectivity index (χ3v) is 4.26. The second-order valence-corrected chi connectivity index (χ2v) is 6.03. The summed E-state index contributed by atoms with van der Waals surface area (Å²) in [6, 6.07) is 15.2. The molecule has 1 atom stereocenters. The van der Waals surface area contributed by atoms with E-state index in [0.717, 1.165) is 26.2 Å². The number of rotatable bonds is 3. The maximum atomic E-state index is 6.00. The van der Waals surface area contributed by atoms with Crippen LogP contribution >= 0.6 is 11.6 Å². The summed E-state index contributed by atoms with van der Waals surface area (Å²) in [6.45, 7) is 4.14. The van der Waals surface area contributed by atoms with Gasteiger partial charge in [0.2, 0.25) is 0 Å². The van der Waals surface area contributed by atoms with Crippen LogP contribution in [-0.4, -0.2) is 41.5 Å². The highest BCUT2D eigenvalue weighted by Crippen LogP contribution is 2.26. The molecule has 0 N–H and O–H groups in total. The van der Waals surface area contributed by atoms with Crippen LogP contribution in [0.25, 0.3) is 0 Å². The Balaban J connectivity index is 1.81. The fraction of sp³-hybridized carbons (Fsp3) is 0.353. The Kier molecular flexibility index (Phi) is 4.54. The zero-order chi connectivity index (χ0) is 14.7. The molecule has 1 unspecified atom stereocenters. The first kappa shape index (κ1) is 14.5. The van der Waals surface area contributed by atoms with Gasteiger partial charge in [0.15, 0.2) is 0 Å². The van der Waals surface area contributed by atoms with Gasteiger partial charge < -0.3 is 4.90 Å². The van der Waals surface area contributed by atoms with Crippen molar-refractivity contribution in [3.8, 4) is 0 Å². The second-order valence-electron chi connectivity index (χ2n) is 5.65. The largest absolute Gasteiger partial charge is 0.303 e. The lowest BCUT2D eigenvalue weighted by Crippen LogP contribution is -2.46. The molecule has 1 aliphatic rings. The van der Waals surface area contributed by atoms with Gasteiger partial charge >= 0.3 is 0 Å². The number of pyridine rings is 1. The lowest BCUT2D eigenvalue weighted by atomic mass is 10.0. The van der Waals surface area contributed by atoms with Gasteiger partial charge in [-0.15, -0.1) is 0 Å². The number of hydrogen-bond donors (Lipinski definition) is 0. The molecule has 0 spiro atoms. The molecule has 2 heterocycles. The zero-order valence-corrected chi connectivity index (χ0v) is 13.0. The molecule has 1 aromatic heterocycles. The van der Waals surface area contributed by atoms with Gasteiger partial charge in [0.05, 0.1) is 0 Å². The summed E-state index contributed by atoms with van der Waals surface area (Å²) in [7, 11) is 2.19. The van der Waals surface area contributed by atoms with Crippen LogP contribution in [-0.2, 0) is 6.54 Å². The van der Waals surface area contributed by atoms with Crippen molar-refractivity contribution in [1.82, 2.24) is 14.8 Å². The van der Waals surface area contributed by atoms with Crippen LogP contribution in [0.5, 0.6) is 0 Å². The molecule has 3 nitrogen and oxygen atoms in total. The molecule has 21 heavy (non-hydrogen) atoms. The van der Waals surface area contributed by atoms with Crippen molar-refractivity contribution in [3.63, 3.8) is 0 Å². The van der Waals surface area contributed by atoms with Crippen molar-refractivity contribution in [2.75, 3.05) is 26.7 Å². The highest BCUT2D eigenvalue weighted by atomic mass is 35.5. The first-order valence-corrected chi connectivity index (χ1v) is 7.68. The summed E-state index contributed by atoms with van der Waals surface area (Å²) < 4.78 is 0. The van der Waals surface area contributed by atoms with Crippen molar-refractivity contribution < 1.29 is 0 Å². The molecule has 0 amide bonds. The molecule has 110 valence electrons. The van der Waals surface area contributed by atoms with E-state index in [0.29, 0.717) is 11.2 Å². The van der Waals surface area contributed by atoms with Crippen LogP contribution in [0.4, 0.5) is 0 Å². The Hall–Kier alpha value is -1.42. The molecule has 1 fully saturated rings. The molecule has 2 aromatic rings. The lowest BCUT2D eigenvalue weighted by Gasteiger charge is -2.40. The van der Waals surface area contributed by atoms with E-state index >= 15 is 0 Å². The van der Waals surface area contributed by atoms with Crippen LogP contribution in [0.3, 0.4) is 0 Å². The van der Waals surface area contributed by atoms with Crippen molar-refractivity contribution in [1.29, 1.82) is 0 Å². The number of aromatic nitrogens is 1. The highest BCUT2D eigenvalue weighted by Gasteiger charge is 2.26. The maximum Gasteiger partial charge on any atom is 0.129 e. The first-order valence-electron chi connectivity index (χ1n) is 7.30. The summed E-state index contributed by atoms with van der Waals surface area (Å²) in [5.74, 6) is 0. The van der Waals surface area contributed by atoms with Gasteiger partial charge in [-0.05, 0) is 30.3 Å². The average Bonchev–Trinajstić information content (AvgIpc) is 2.50. The number of likely N-dealkylation sites (N-methyl/N-ethyl adjacent to an activating group) is 1. The fourth-order valence-corrected chi connectivity index (χ4v) is 3.11. The van der Waals surface area contributed by atoms with Gasteiger partial charge in [0, 0.05) is 38.4 Å². The van der Waals surface area contributed by atoms with Crippen molar-refractivity contribution >= 4 is 11.6 Å². The van der Waals surface area contributed by atoms with E-state index in [2.05, 4.69) is 52.2 Å². The summed E-state index contributed by atoms with van der Waals surface area (Å²) in [5, 5.41) is 0.567. The quantitative estimate of drug-likeness (QED) is 0.812. The van der Waals surface area contributed by atoms with Gasteiger partial charge in [-0.1, -0.05) is 41.9 Å². The Morgan fingerprint density at radius 3 is 2.76 bits per heavy atom. The normalized spacial score (nSPS) is 20.6. The van der Waals surface area contributed by atoms with Crippen LogP contribution < -0.4 is 0 Å². The van der Waals surface area contributed by atoms with E-state index in [1.807, 2.05) is 12.1 Å². The monoisotopic (exact) mass is 301 g/mol. The number of piperazine rings is 1. The van der Waals surface area contributed by atoms with Crippen molar-refractivity contribution in [2.24, 2.45) is 0 Å². The number of hydrogen-bond acceptors (Lipinski definition) is 3. The molecule has 1 aromatic carbocycles. The molecule has 4 heteroatoms. The van der Waals surface area contributed by atoms with E-state index in [9.17, 15) is 0 Å². The molecule has 0 radical (unpaired) electrons. The van der Waals surface area contributed by atoms with E-state index < -0.39 is 0 Å². The van der Waals surface area contributed by atoms with Gasteiger partial charge in [-0.3, -0.25) is 4.90 Å². The number of nitrogens with zero attached hydrogens (tertiary/aromatic N) is 3. The third kappa shape index (κ3) is 3.62. The maximum absolute atomic E-state index is 6.00. The van der Waals surface area contributed by atoms with Crippen molar-refractivity contribution in [3.05, 3.63) is 64.9 Å². The smallest absolute Gasteiger partial charge is 0.129 e. The van der Waals surface area contributed by atoms with E-state index in [1.54, 1.807) is 6.20 Å². The predicted octanol–water partition coefficient (Wildman–Crippen LogP) is 3.22. The molecular formula is C17H20ClN3. The highest BCUT2D eigenvalue weighted by molar-refractivity contribution is 6.29. The van der Waals surface area contributed by atoms with Gasteiger partial charge in [-0.25, -0.2) is 4.98 Å². The molecule has 0 bridgehead atoms. The van der Waals surface area contributed by atoms with Gasteiger partial charge in [-0.2, -0.15) is 0 Å². The Morgan fingerprint density at radius 2 is 2.00 bits per heavy atom. The van der Waals surface area contributed by atoms with Gasteiger partial charge in [0.25, 0.3) is 0 Å². The lowest BCUT2D eigenvalue weighted by molar-refractivity contribution is 0.0833. The van der Waals surface area contributed by atoms with E-state index in [-0.39, 0.29) is 0 Å². The van der Waals surface area contributed by atoms with E-state index in [4.69, 9.17) is 11.6 Å². The van der Waals surface area contributed by atoms with Gasteiger partial charge in [0.1, 0.15) is 5.15 Å². The SMILES string of the molecule is CN1CCN(Cc2ccnc(Cl)c2)C(c2ccccc2)C1. The summed E-state index contributed by atoms with van der Waals surface area (Å²) in [4.78, 5) is 8.99. The second kappa shape index (κ2) is 6.56.